The van der Waals surface area contributed by atoms with Gasteiger partial charge < -0.3 is 10.1 Å². The van der Waals surface area contributed by atoms with Crippen LogP contribution in [0.2, 0.25) is 0 Å². The molecule has 0 aliphatic rings. The molecule has 2 aromatic rings. The molecule has 0 saturated carbocycles. The number of nitrogens with zero attached hydrogens (tertiary/aromatic N) is 1. The second-order valence-electron chi connectivity index (χ2n) is 5.36. The Morgan fingerprint density at radius 2 is 1.87 bits per heavy atom. The molecule has 0 aliphatic carbocycles. The van der Waals surface area contributed by atoms with Gasteiger partial charge in [-0.3, -0.25) is 14.9 Å². The van der Waals surface area contributed by atoms with E-state index in [-0.39, 0.29) is 18.0 Å². The molecule has 0 radical (unpaired) electrons. The quantitative estimate of drug-likeness (QED) is 0.676. The van der Waals surface area contributed by atoms with E-state index in [0.29, 0.717) is 5.75 Å². The Balaban J connectivity index is 2.08. The zero-order valence-electron chi connectivity index (χ0n) is 13.3. The number of aryl methyl sites for hydroxylation is 3. The zero-order chi connectivity index (χ0) is 17.0. The fraction of sp³-hybridized carbons (Fsp3) is 0.235. The van der Waals surface area contributed by atoms with E-state index in [0.717, 1.165) is 16.7 Å². The van der Waals surface area contributed by atoms with Gasteiger partial charge in [-0.2, -0.15) is 0 Å². The van der Waals surface area contributed by atoms with Crippen molar-refractivity contribution in [3.63, 3.8) is 0 Å². The lowest BCUT2D eigenvalue weighted by atomic mass is 10.1. The predicted molar refractivity (Wildman–Crippen MR) is 87.9 cm³/mol. The van der Waals surface area contributed by atoms with Crippen molar-refractivity contribution in [2.45, 2.75) is 20.8 Å². The SMILES string of the molecule is Cc1cccc(OCC(=O)Nc2cc(C)c(C)cc2[N+](=O)[O-])c1. The highest BCUT2D eigenvalue weighted by Gasteiger charge is 2.17. The van der Waals surface area contributed by atoms with Gasteiger partial charge in [-0.15, -0.1) is 0 Å². The molecule has 0 heterocycles. The fourth-order valence-corrected chi connectivity index (χ4v) is 2.09. The Bertz CT molecular complexity index is 756. The van der Waals surface area contributed by atoms with Gasteiger partial charge in [0.2, 0.25) is 0 Å². The average Bonchev–Trinajstić information content (AvgIpc) is 2.48. The summed E-state index contributed by atoms with van der Waals surface area (Å²) in [5, 5.41) is 13.6. The van der Waals surface area contributed by atoms with Gasteiger partial charge in [0.05, 0.1) is 4.92 Å². The molecular weight excluding hydrogens is 296 g/mol. The Morgan fingerprint density at radius 1 is 1.17 bits per heavy atom. The van der Waals surface area contributed by atoms with Crippen LogP contribution < -0.4 is 10.1 Å². The van der Waals surface area contributed by atoms with E-state index in [1.54, 1.807) is 19.1 Å². The number of anilines is 1. The summed E-state index contributed by atoms with van der Waals surface area (Å²) in [6.45, 7) is 5.33. The minimum absolute atomic E-state index is 0.128. The molecule has 6 nitrogen and oxygen atoms in total. The van der Waals surface area contributed by atoms with E-state index in [2.05, 4.69) is 5.32 Å². The molecule has 2 aromatic carbocycles. The van der Waals surface area contributed by atoms with E-state index in [9.17, 15) is 14.9 Å². The molecule has 6 heteroatoms. The Labute approximate surface area is 134 Å². The monoisotopic (exact) mass is 314 g/mol. The number of nitro groups is 1. The number of nitro benzene ring substituents is 1. The smallest absolute Gasteiger partial charge is 0.293 e. The van der Waals surface area contributed by atoms with Gasteiger partial charge in [-0.1, -0.05) is 12.1 Å². The first kappa shape index (κ1) is 16.5. The first-order valence-corrected chi connectivity index (χ1v) is 7.12. The topological polar surface area (TPSA) is 81.5 Å². The minimum Gasteiger partial charge on any atom is -0.484 e. The number of amides is 1. The van der Waals surface area contributed by atoms with E-state index in [1.807, 2.05) is 32.0 Å². The summed E-state index contributed by atoms with van der Waals surface area (Å²) in [7, 11) is 0. The summed E-state index contributed by atoms with van der Waals surface area (Å²) < 4.78 is 5.39. The van der Waals surface area contributed by atoms with Crippen LogP contribution in [0, 0.1) is 30.9 Å². The highest BCUT2D eigenvalue weighted by atomic mass is 16.6. The summed E-state index contributed by atoms with van der Waals surface area (Å²) in [4.78, 5) is 22.6. The van der Waals surface area contributed by atoms with Crippen molar-refractivity contribution in [3.05, 3.63) is 63.2 Å². The number of rotatable bonds is 5. The van der Waals surface area contributed by atoms with Gasteiger partial charge in [-0.25, -0.2) is 0 Å². The second-order valence-corrected chi connectivity index (χ2v) is 5.36. The summed E-state index contributed by atoms with van der Waals surface area (Å²) in [5.41, 5.74) is 2.73. The van der Waals surface area contributed by atoms with E-state index >= 15 is 0 Å². The maximum Gasteiger partial charge on any atom is 0.293 e. The third kappa shape index (κ3) is 4.29. The average molecular weight is 314 g/mol. The van der Waals surface area contributed by atoms with Crippen LogP contribution in [-0.2, 0) is 4.79 Å². The molecule has 23 heavy (non-hydrogen) atoms. The van der Waals surface area contributed by atoms with Crippen molar-refractivity contribution in [2.24, 2.45) is 0 Å². The predicted octanol–water partition coefficient (Wildman–Crippen LogP) is 3.54. The Morgan fingerprint density at radius 3 is 2.52 bits per heavy atom. The number of hydrogen-bond donors (Lipinski definition) is 1. The van der Waals surface area contributed by atoms with Crippen LogP contribution in [0.25, 0.3) is 0 Å². The summed E-state index contributed by atoms with van der Waals surface area (Å²) in [6, 6.07) is 10.4. The Hall–Kier alpha value is -2.89. The lowest BCUT2D eigenvalue weighted by molar-refractivity contribution is -0.384. The second kappa shape index (κ2) is 6.91. The van der Waals surface area contributed by atoms with Gasteiger partial charge >= 0.3 is 0 Å². The van der Waals surface area contributed by atoms with Gasteiger partial charge in [0.25, 0.3) is 11.6 Å². The van der Waals surface area contributed by atoms with Crippen LogP contribution in [0.5, 0.6) is 5.75 Å². The standard InChI is InChI=1S/C17H18N2O4/c1-11-5-4-6-14(7-11)23-10-17(20)18-15-8-12(2)13(3)9-16(15)19(21)22/h4-9H,10H2,1-3H3,(H,18,20). The summed E-state index contributed by atoms with van der Waals surface area (Å²) in [6.07, 6.45) is 0. The number of benzene rings is 2. The fourth-order valence-electron chi connectivity index (χ4n) is 2.09. The lowest BCUT2D eigenvalue weighted by Crippen LogP contribution is -2.21. The normalized spacial score (nSPS) is 10.2. The molecule has 0 aromatic heterocycles. The van der Waals surface area contributed by atoms with Crippen LogP contribution in [0.3, 0.4) is 0 Å². The number of ether oxygens (including phenoxy) is 1. The molecular formula is C17H18N2O4. The molecule has 0 fully saturated rings. The van der Waals surface area contributed by atoms with Gasteiger partial charge in [0.1, 0.15) is 11.4 Å². The third-order valence-corrected chi connectivity index (χ3v) is 3.44. The van der Waals surface area contributed by atoms with E-state index in [4.69, 9.17) is 4.74 Å². The van der Waals surface area contributed by atoms with Crippen molar-refractivity contribution in [3.8, 4) is 5.75 Å². The molecule has 2 rings (SSSR count). The van der Waals surface area contributed by atoms with Crippen LogP contribution >= 0.6 is 0 Å². The van der Waals surface area contributed by atoms with Crippen LogP contribution in [0.15, 0.2) is 36.4 Å². The molecule has 0 spiro atoms. The van der Waals surface area contributed by atoms with Crippen LogP contribution in [0.1, 0.15) is 16.7 Å². The first-order chi connectivity index (χ1) is 10.9. The number of hydrogen-bond acceptors (Lipinski definition) is 4. The van der Waals surface area contributed by atoms with Gasteiger partial charge in [-0.05, 0) is 55.7 Å². The minimum atomic E-state index is -0.510. The maximum absolute atomic E-state index is 12.0. The highest BCUT2D eigenvalue weighted by molar-refractivity contribution is 5.94. The molecule has 1 N–H and O–H groups in total. The highest BCUT2D eigenvalue weighted by Crippen LogP contribution is 2.27. The lowest BCUT2D eigenvalue weighted by Gasteiger charge is -2.10. The molecule has 0 atom stereocenters. The van der Waals surface area contributed by atoms with Gasteiger partial charge in [0, 0.05) is 6.07 Å². The summed E-state index contributed by atoms with van der Waals surface area (Å²) in [5.74, 6) is 0.132. The molecule has 0 unspecified atom stereocenters. The van der Waals surface area contributed by atoms with E-state index < -0.39 is 10.8 Å². The van der Waals surface area contributed by atoms with Crippen molar-refractivity contribution in [1.29, 1.82) is 0 Å². The first-order valence-electron chi connectivity index (χ1n) is 7.12. The van der Waals surface area contributed by atoms with Crippen molar-refractivity contribution < 1.29 is 14.5 Å². The summed E-state index contributed by atoms with van der Waals surface area (Å²) >= 11 is 0. The van der Waals surface area contributed by atoms with Crippen molar-refractivity contribution in [1.82, 2.24) is 0 Å². The zero-order valence-corrected chi connectivity index (χ0v) is 13.3. The van der Waals surface area contributed by atoms with Gasteiger partial charge in [0.15, 0.2) is 6.61 Å². The molecule has 1 amide bonds. The molecule has 120 valence electrons. The molecule has 0 aliphatic heterocycles. The maximum atomic E-state index is 12.0. The third-order valence-electron chi connectivity index (χ3n) is 3.44. The van der Waals surface area contributed by atoms with Crippen LogP contribution in [-0.4, -0.2) is 17.4 Å². The molecule has 0 saturated heterocycles. The number of nitrogens with one attached hydrogen (secondary N) is 1. The van der Waals surface area contributed by atoms with E-state index in [1.165, 1.54) is 6.07 Å². The largest absolute Gasteiger partial charge is 0.484 e. The number of carbonyl (C=O) groups excluding carboxylic acids is 1. The van der Waals surface area contributed by atoms with Crippen LogP contribution in [0.4, 0.5) is 11.4 Å². The Kier molecular flexibility index (Phi) is 4.95. The number of carbonyl (C=O) groups is 1. The van der Waals surface area contributed by atoms with Crippen molar-refractivity contribution in [2.75, 3.05) is 11.9 Å². The molecule has 0 bridgehead atoms. The van der Waals surface area contributed by atoms with Crippen molar-refractivity contribution >= 4 is 17.3 Å².